The minimum atomic E-state index is -0.450. The van der Waals surface area contributed by atoms with Gasteiger partial charge in [0.15, 0.2) is 0 Å². The minimum absolute atomic E-state index is 0.141. The van der Waals surface area contributed by atoms with Crippen LogP contribution in [0.5, 0.6) is 11.5 Å². The maximum Gasteiger partial charge on any atom is 0.330 e. The maximum atomic E-state index is 11.3. The Morgan fingerprint density at radius 1 is 0.723 bits per heavy atom. The zero-order chi connectivity index (χ0) is 33.6. The lowest BCUT2D eigenvalue weighted by molar-refractivity contribution is -0.147. The van der Waals surface area contributed by atoms with Crippen molar-refractivity contribution in [2.24, 2.45) is 11.8 Å². The van der Waals surface area contributed by atoms with Crippen molar-refractivity contribution in [2.75, 3.05) is 26.4 Å². The molecule has 2 bridgehead atoms. The summed E-state index contributed by atoms with van der Waals surface area (Å²) in [5, 5.41) is 0. The molecule has 0 amide bonds. The summed E-state index contributed by atoms with van der Waals surface area (Å²) in [6, 6.07) is 17.4. The number of esters is 2. The first-order valence-corrected chi connectivity index (χ1v) is 16.9. The summed E-state index contributed by atoms with van der Waals surface area (Å²) in [5.41, 5.74) is 3.28. The highest BCUT2D eigenvalue weighted by molar-refractivity contribution is 5.81. The molecule has 3 aliphatic carbocycles. The van der Waals surface area contributed by atoms with E-state index in [0.29, 0.717) is 26.4 Å². The van der Waals surface area contributed by atoms with Crippen molar-refractivity contribution in [3.8, 4) is 11.5 Å². The minimum Gasteiger partial charge on any atom is -0.491 e. The molecule has 3 fully saturated rings. The van der Waals surface area contributed by atoms with Crippen molar-refractivity contribution in [2.45, 2.75) is 95.0 Å². The van der Waals surface area contributed by atoms with E-state index in [1.165, 1.54) is 43.2 Å². The third-order valence-electron chi connectivity index (χ3n) is 10.2. The lowest BCUT2D eigenvalue weighted by Gasteiger charge is -2.52. The van der Waals surface area contributed by atoms with E-state index in [1.807, 2.05) is 13.8 Å². The van der Waals surface area contributed by atoms with E-state index < -0.39 is 11.9 Å². The van der Waals surface area contributed by atoms with Crippen LogP contribution in [-0.2, 0) is 39.4 Å². The van der Waals surface area contributed by atoms with Crippen LogP contribution in [0.25, 0.3) is 0 Å². The molecule has 0 radical (unpaired) electrons. The van der Waals surface area contributed by atoms with Crippen LogP contribution in [0.2, 0.25) is 0 Å². The number of benzene rings is 2. The van der Waals surface area contributed by atoms with Gasteiger partial charge in [0.25, 0.3) is 0 Å². The van der Waals surface area contributed by atoms with Gasteiger partial charge in [0.05, 0.1) is 25.4 Å². The first kappa shape index (κ1) is 34.7. The molecule has 5 rings (SSSR count). The zero-order valence-electron chi connectivity index (χ0n) is 28.3. The summed E-state index contributed by atoms with van der Waals surface area (Å²) in [7, 11) is 0. The fourth-order valence-electron chi connectivity index (χ4n) is 7.94. The van der Waals surface area contributed by atoms with E-state index in [-0.39, 0.29) is 35.2 Å². The van der Waals surface area contributed by atoms with Crippen molar-refractivity contribution < 1.29 is 38.0 Å². The highest BCUT2D eigenvalue weighted by Gasteiger charge is 2.66. The normalized spacial score (nSPS) is 26.6. The van der Waals surface area contributed by atoms with Gasteiger partial charge in [-0.1, -0.05) is 37.4 Å². The van der Waals surface area contributed by atoms with E-state index in [4.69, 9.17) is 28.4 Å². The standard InChI is InChI=1S/C39H50O8/c1-7-36(40)46-28(5)23-42-26(3)21-44-33-13-9-31(10-14-33)38-18-17-30-19-39(25-38,35(30)20-38)32-11-15-34(16-12-32)45-22-27(4)43-24-29(6)47-37(41)8-2/h7-16,26-30,35H,1-2,17-25H2,3-6H3/t26?,27?,28?,29?,30?,35?,38-,39+/m1/s1. The number of rotatable bonds is 18. The van der Waals surface area contributed by atoms with Crippen LogP contribution in [0.15, 0.2) is 73.8 Å². The molecule has 0 saturated heterocycles. The van der Waals surface area contributed by atoms with Crippen LogP contribution >= 0.6 is 0 Å². The van der Waals surface area contributed by atoms with Gasteiger partial charge in [0, 0.05) is 12.2 Å². The second kappa shape index (κ2) is 15.1. The molecular weight excluding hydrogens is 596 g/mol. The Hall–Kier alpha value is -3.62. The number of ether oxygens (including phenoxy) is 6. The van der Waals surface area contributed by atoms with Crippen LogP contribution in [0.4, 0.5) is 0 Å². The van der Waals surface area contributed by atoms with E-state index in [0.717, 1.165) is 35.5 Å². The largest absolute Gasteiger partial charge is 0.491 e. The summed E-state index contributed by atoms with van der Waals surface area (Å²) in [5.74, 6) is 2.30. The molecular formula is C39H50O8. The predicted octanol–water partition coefficient (Wildman–Crippen LogP) is 6.89. The summed E-state index contributed by atoms with van der Waals surface area (Å²) in [4.78, 5) is 22.7. The third-order valence-corrected chi connectivity index (χ3v) is 10.2. The maximum absolute atomic E-state index is 11.3. The summed E-state index contributed by atoms with van der Waals surface area (Å²) >= 11 is 0. The van der Waals surface area contributed by atoms with Gasteiger partial charge in [0.1, 0.15) is 36.9 Å². The Bertz CT molecular complexity index is 1300. The van der Waals surface area contributed by atoms with E-state index in [1.54, 1.807) is 13.8 Å². The van der Waals surface area contributed by atoms with Crippen LogP contribution in [0.3, 0.4) is 0 Å². The van der Waals surface area contributed by atoms with Crippen LogP contribution in [-0.4, -0.2) is 62.8 Å². The molecule has 6 unspecified atom stereocenters. The number of hydrogen-bond donors (Lipinski definition) is 0. The molecule has 0 spiro atoms. The number of carbonyl (C=O) groups is 2. The zero-order valence-corrected chi connectivity index (χ0v) is 28.3. The first-order chi connectivity index (χ1) is 22.6. The molecule has 0 heterocycles. The lowest BCUT2D eigenvalue weighted by atomic mass is 9.51. The monoisotopic (exact) mass is 646 g/mol. The third kappa shape index (κ3) is 8.10. The molecule has 3 aliphatic rings. The number of fused-ring (bicyclic) bond motifs is 1. The molecule has 0 aliphatic heterocycles. The molecule has 3 saturated carbocycles. The highest BCUT2D eigenvalue weighted by Crippen LogP contribution is 2.72. The average Bonchev–Trinajstić information content (AvgIpc) is 3.17. The Balaban J connectivity index is 1.12. The Morgan fingerprint density at radius 2 is 1.21 bits per heavy atom. The number of carbonyl (C=O) groups excluding carboxylic acids is 2. The van der Waals surface area contributed by atoms with Gasteiger partial charge >= 0.3 is 11.9 Å². The Labute approximate surface area is 279 Å². The van der Waals surface area contributed by atoms with E-state index in [2.05, 4.69) is 61.7 Å². The SMILES string of the molecule is C=CC(=O)OC(C)COC(C)COc1ccc([C@@]23CCC4C[C@@](c5ccc(OCC(C)OCC(C)OC(=O)C=C)cc5)(C2)C4C3)cc1. The second-order valence-electron chi connectivity index (χ2n) is 13.8. The van der Waals surface area contributed by atoms with Gasteiger partial charge in [0.2, 0.25) is 0 Å². The summed E-state index contributed by atoms with van der Waals surface area (Å²) < 4.78 is 34.0. The Morgan fingerprint density at radius 3 is 1.70 bits per heavy atom. The van der Waals surface area contributed by atoms with Crippen molar-refractivity contribution in [3.05, 3.63) is 85.0 Å². The summed E-state index contributed by atoms with van der Waals surface area (Å²) in [6.07, 6.45) is 7.55. The summed E-state index contributed by atoms with van der Waals surface area (Å²) in [6.45, 7) is 15.8. The lowest BCUT2D eigenvalue weighted by Crippen LogP contribution is -2.47. The second-order valence-corrected chi connectivity index (χ2v) is 13.8. The van der Waals surface area contributed by atoms with Gasteiger partial charge in [-0.15, -0.1) is 0 Å². The van der Waals surface area contributed by atoms with Gasteiger partial charge in [-0.3, -0.25) is 0 Å². The highest BCUT2D eigenvalue weighted by atomic mass is 16.6. The predicted molar refractivity (Wildman–Crippen MR) is 180 cm³/mol. The molecule has 2 aromatic carbocycles. The number of hydrogen-bond acceptors (Lipinski definition) is 8. The average molecular weight is 647 g/mol. The molecule has 8 atom stereocenters. The van der Waals surface area contributed by atoms with Crippen molar-refractivity contribution in [1.82, 2.24) is 0 Å². The van der Waals surface area contributed by atoms with Crippen molar-refractivity contribution >= 4 is 11.9 Å². The molecule has 47 heavy (non-hydrogen) atoms. The van der Waals surface area contributed by atoms with E-state index >= 15 is 0 Å². The molecule has 0 N–H and O–H groups in total. The Kier molecular flexibility index (Phi) is 11.1. The smallest absolute Gasteiger partial charge is 0.330 e. The van der Waals surface area contributed by atoms with Crippen molar-refractivity contribution in [3.63, 3.8) is 0 Å². The van der Waals surface area contributed by atoms with Crippen LogP contribution < -0.4 is 9.47 Å². The quantitative estimate of drug-likeness (QED) is 0.128. The molecule has 8 nitrogen and oxygen atoms in total. The van der Waals surface area contributed by atoms with Gasteiger partial charge in [-0.25, -0.2) is 9.59 Å². The van der Waals surface area contributed by atoms with Gasteiger partial charge < -0.3 is 28.4 Å². The molecule has 254 valence electrons. The fourth-order valence-corrected chi connectivity index (χ4v) is 7.94. The topological polar surface area (TPSA) is 89.5 Å². The van der Waals surface area contributed by atoms with Gasteiger partial charge in [-0.2, -0.15) is 0 Å². The van der Waals surface area contributed by atoms with Crippen LogP contribution in [0, 0.1) is 11.8 Å². The first-order valence-electron chi connectivity index (χ1n) is 16.9. The fraction of sp³-hybridized carbons (Fsp3) is 0.538. The van der Waals surface area contributed by atoms with Crippen molar-refractivity contribution in [1.29, 1.82) is 0 Å². The molecule has 0 aromatic heterocycles. The van der Waals surface area contributed by atoms with Crippen LogP contribution in [0.1, 0.15) is 70.9 Å². The van der Waals surface area contributed by atoms with Gasteiger partial charge in [-0.05, 0) is 118 Å². The van der Waals surface area contributed by atoms with E-state index in [9.17, 15) is 9.59 Å². The molecule has 2 aromatic rings. The molecule has 8 heteroatoms.